The van der Waals surface area contributed by atoms with Gasteiger partial charge >= 0.3 is 5.97 Å². The number of rotatable bonds is 8. The minimum Gasteiger partial charge on any atom is -0.497 e. The summed E-state index contributed by atoms with van der Waals surface area (Å²) in [5.74, 6) is -0.307. The van der Waals surface area contributed by atoms with Crippen molar-refractivity contribution in [3.05, 3.63) is 69.3 Å². The maximum Gasteiger partial charge on any atom is 0.339 e. The number of nitro benzene ring substituents is 1. The lowest BCUT2D eigenvalue weighted by Crippen LogP contribution is -2.36. The molecule has 0 aromatic heterocycles. The van der Waals surface area contributed by atoms with E-state index < -0.39 is 17.5 Å². The Morgan fingerprint density at radius 3 is 2.45 bits per heavy atom. The highest BCUT2D eigenvalue weighted by Gasteiger charge is 2.33. The Morgan fingerprint density at radius 2 is 1.86 bits per heavy atom. The predicted molar refractivity (Wildman–Crippen MR) is 105 cm³/mol. The highest BCUT2D eigenvalue weighted by molar-refractivity contribution is 5.93. The van der Waals surface area contributed by atoms with E-state index in [-0.39, 0.29) is 28.8 Å². The first-order chi connectivity index (χ1) is 13.9. The molecule has 0 atom stereocenters. The van der Waals surface area contributed by atoms with E-state index in [0.29, 0.717) is 6.54 Å². The Morgan fingerprint density at radius 1 is 1.17 bits per heavy atom. The number of nitro groups is 1. The van der Waals surface area contributed by atoms with Crippen LogP contribution >= 0.6 is 0 Å². The zero-order chi connectivity index (χ0) is 21.0. The zero-order valence-corrected chi connectivity index (χ0v) is 16.3. The van der Waals surface area contributed by atoms with Crippen molar-refractivity contribution in [1.29, 1.82) is 0 Å². The number of amides is 1. The van der Waals surface area contributed by atoms with E-state index in [9.17, 15) is 19.7 Å². The molecule has 1 fully saturated rings. The van der Waals surface area contributed by atoms with Crippen molar-refractivity contribution in [2.45, 2.75) is 32.4 Å². The van der Waals surface area contributed by atoms with Crippen LogP contribution in [0, 0.1) is 17.0 Å². The molecular weight excluding hydrogens is 376 g/mol. The summed E-state index contributed by atoms with van der Waals surface area (Å²) in [6.07, 6.45) is 1.83. The van der Waals surface area contributed by atoms with E-state index in [2.05, 4.69) is 0 Å². The number of hydrogen-bond acceptors (Lipinski definition) is 6. The fourth-order valence-electron chi connectivity index (χ4n) is 3.07. The number of methoxy groups -OCH3 is 1. The van der Waals surface area contributed by atoms with Crippen LogP contribution in [0.4, 0.5) is 5.69 Å². The molecule has 0 unspecified atom stereocenters. The smallest absolute Gasteiger partial charge is 0.339 e. The number of carbonyl (C=O) groups is 2. The normalized spacial score (nSPS) is 12.9. The molecular formula is C21H22N2O6. The van der Waals surface area contributed by atoms with Gasteiger partial charge in [-0.15, -0.1) is 0 Å². The average Bonchev–Trinajstić information content (AvgIpc) is 3.55. The average molecular weight is 398 g/mol. The summed E-state index contributed by atoms with van der Waals surface area (Å²) in [6, 6.07) is 11.8. The summed E-state index contributed by atoms with van der Waals surface area (Å²) in [4.78, 5) is 37.2. The molecule has 8 heteroatoms. The molecule has 0 saturated heterocycles. The standard InChI is InChI=1S/C21H22N2O6/c1-14-18(4-3-5-19(14)23(26)27)21(25)29-13-20(24)22(16-8-9-16)12-15-6-10-17(28-2)11-7-15/h3-7,10-11,16H,8-9,12-13H2,1-2H3. The first kappa shape index (κ1) is 20.3. The van der Waals surface area contributed by atoms with Crippen LogP contribution in [-0.4, -0.2) is 41.5 Å². The molecule has 0 spiro atoms. The highest BCUT2D eigenvalue weighted by Crippen LogP contribution is 2.29. The van der Waals surface area contributed by atoms with Gasteiger partial charge in [-0.2, -0.15) is 0 Å². The van der Waals surface area contributed by atoms with Gasteiger partial charge in [0.05, 0.1) is 17.6 Å². The first-order valence-electron chi connectivity index (χ1n) is 9.24. The molecule has 1 saturated carbocycles. The van der Waals surface area contributed by atoms with Gasteiger partial charge in [0.1, 0.15) is 5.75 Å². The molecule has 0 radical (unpaired) electrons. The van der Waals surface area contributed by atoms with Gasteiger partial charge in [0, 0.05) is 24.2 Å². The summed E-state index contributed by atoms with van der Waals surface area (Å²) in [7, 11) is 1.59. The number of nitrogens with zero attached hydrogens (tertiary/aromatic N) is 2. The molecule has 0 aliphatic heterocycles. The quantitative estimate of drug-likeness (QED) is 0.384. The van der Waals surface area contributed by atoms with Crippen LogP contribution < -0.4 is 4.74 Å². The molecule has 1 aliphatic carbocycles. The third kappa shape index (κ3) is 4.90. The first-order valence-corrected chi connectivity index (χ1v) is 9.24. The maximum atomic E-state index is 12.7. The number of benzene rings is 2. The number of ether oxygens (including phenoxy) is 2. The number of esters is 1. The van der Waals surface area contributed by atoms with Gasteiger partial charge in [-0.3, -0.25) is 14.9 Å². The third-order valence-corrected chi connectivity index (χ3v) is 4.87. The Hall–Kier alpha value is -3.42. The lowest BCUT2D eigenvalue weighted by Gasteiger charge is -2.22. The van der Waals surface area contributed by atoms with Crippen molar-refractivity contribution in [3.8, 4) is 5.75 Å². The van der Waals surface area contributed by atoms with Crippen LogP contribution in [0.25, 0.3) is 0 Å². The molecule has 0 N–H and O–H groups in total. The van der Waals surface area contributed by atoms with Crippen molar-refractivity contribution in [2.75, 3.05) is 13.7 Å². The largest absolute Gasteiger partial charge is 0.497 e. The summed E-state index contributed by atoms with van der Waals surface area (Å²) in [6.45, 7) is 1.49. The van der Waals surface area contributed by atoms with E-state index in [4.69, 9.17) is 9.47 Å². The Kier molecular flexibility index (Phi) is 6.11. The van der Waals surface area contributed by atoms with Crippen LogP contribution in [-0.2, 0) is 16.1 Å². The van der Waals surface area contributed by atoms with Gasteiger partial charge in [-0.05, 0) is 43.5 Å². The summed E-state index contributed by atoms with van der Waals surface area (Å²) in [5, 5.41) is 11.0. The van der Waals surface area contributed by atoms with Crippen molar-refractivity contribution in [2.24, 2.45) is 0 Å². The van der Waals surface area contributed by atoms with Gasteiger partial charge in [0.15, 0.2) is 6.61 Å². The second-order valence-corrected chi connectivity index (χ2v) is 6.88. The summed E-state index contributed by atoms with van der Waals surface area (Å²) >= 11 is 0. The van der Waals surface area contributed by atoms with Gasteiger partial charge in [-0.25, -0.2) is 4.79 Å². The lowest BCUT2D eigenvalue weighted by atomic mass is 10.1. The van der Waals surface area contributed by atoms with Gasteiger partial charge < -0.3 is 14.4 Å². The number of carbonyl (C=O) groups excluding carboxylic acids is 2. The van der Waals surface area contributed by atoms with E-state index in [1.54, 1.807) is 12.0 Å². The van der Waals surface area contributed by atoms with Crippen molar-refractivity contribution < 1.29 is 24.0 Å². The van der Waals surface area contributed by atoms with E-state index in [1.165, 1.54) is 25.1 Å². The van der Waals surface area contributed by atoms with E-state index in [1.807, 2.05) is 24.3 Å². The van der Waals surface area contributed by atoms with Crippen LogP contribution in [0.3, 0.4) is 0 Å². The Balaban J connectivity index is 1.64. The van der Waals surface area contributed by atoms with Crippen LogP contribution in [0.15, 0.2) is 42.5 Å². The fraction of sp³-hybridized carbons (Fsp3) is 0.333. The van der Waals surface area contributed by atoms with E-state index >= 15 is 0 Å². The highest BCUT2D eigenvalue weighted by atomic mass is 16.6. The maximum absolute atomic E-state index is 12.7. The molecule has 1 amide bonds. The zero-order valence-electron chi connectivity index (χ0n) is 16.3. The topological polar surface area (TPSA) is 99.0 Å². The third-order valence-electron chi connectivity index (χ3n) is 4.87. The Labute approximate surface area is 168 Å². The van der Waals surface area contributed by atoms with Gasteiger partial charge in [-0.1, -0.05) is 18.2 Å². The Bertz CT molecular complexity index is 921. The summed E-state index contributed by atoms with van der Waals surface area (Å²) in [5.41, 5.74) is 1.09. The molecule has 0 heterocycles. The second-order valence-electron chi connectivity index (χ2n) is 6.88. The molecule has 2 aromatic carbocycles. The fourth-order valence-corrected chi connectivity index (χ4v) is 3.07. The molecule has 3 rings (SSSR count). The van der Waals surface area contributed by atoms with Crippen LogP contribution in [0.5, 0.6) is 5.75 Å². The molecule has 29 heavy (non-hydrogen) atoms. The van der Waals surface area contributed by atoms with Gasteiger partial charge in [0.2, 0.25) is 0 Å². The van der Waals surface area contributed by atoms with E-state index in [0.717, 1.165) is 24.2 Å². The monoisotopic (exact) mass is 398 g/mol. The van der Waals surface area contributed by atoms with Crippen molar-refractivity contribution >= 4 is 17.6 Å². The molecule has 8 nitrogen and oxygen atoms in total. The van der Waals surface area contributed by atoms with Crippen LogP contribution in [0.2, 0.25) is 0 Å². The molecule has 0 bridgehead atoms. The molecule has 2 aromatic rings. The molecule has 1 aliphatic rings. The lowest BCUT2D eigenvalue weighted by molar-refractivity contribution is -0.385. The summed E-state index contributed by atoms with van der Waals surface area (Å²) < 4.78 is 10.3. The minimum absolute atomic E-state index is 0.0835. The molecule has 152 valence electrons. The van der Waals surface area contributed by atoms with Crippen molar-refractivity contribution in [1.82, 2.24) is 4.90 Å². The second kappa shape index (κ2) is 8.72. The van der Waals surface area contributed by atoms with Crippen molar-refractivity contribution in [3.63, 3.8) is 0 Å². The van der Waals surface area contributed by atoms with Crippen LogP contribution in [0.1, 0.15) is 34.3 Å². The predicted octanol–water partition coefficient (Wildman–Crippen LogP) is 3.26. The SMILES string of the molecule is COc1ccc(CN(C(=O)COC(=O)c2cccc([N+](=O)[O-])c2C)C2CC2)cc1. The van der Waals surface area contributed by atoms with Gasteiger partial charge in [0.25, 0.3) is 11.6 Å². The minimum atomic E-state index is -0.750. The number of hydrogen-bond donors (Lipinski definition) is 0.